The van der Waals surface area contributed by atoms with E-state index in [1.807, 2.05) is 19.9 Å². The number of hydrogen-bond donors (Lipinski definition) is 4. The number of aryl methyl sites for hydroxylation is 2. The van der Waals surface area contributed by atoms with Crippen molar-refractivity contribution in [1.29, 1.82) is 0 Å². The van der Waals surface area contributed by atoms with Gasteiger partial charge in [0.2, 0.25) is 5.91 Å². The zero-order valence-corrected chi connectivity index (χ0v) is 25.2. The largest absolute Gasteiger partial charge is 0.444 e. The molecule has 0 fully saturated rings. The number of nitrogens with zero attached hydrogens (tertiary/aromatic N) is 1. The summed E-state index contributed by atoms with van der Waals surface area (Å²) in [5.74, 6) is -0.623. The summed E-state index contributed by atoms with van der Waals surface area (Å²) >= 11 is 1.41. The van der Waals surface area contributed by atoms with Gasteiger partial charge in [-0.15, -0.1) is 11.3 Å². The van der Waals surface area contributed by atoms with Crippen molar-refractivity contribution in [3.05, 3.63) is 34.3 Å². The predicted molar refractivity (Wildman–Crippen MR) is 159 cm³/mol. The Morgan fingerprint density at radius 3 is 2.35 bits per heavy atom. The van der Waals surface area contributed by atoms with E-state index in [1.165, 1.54) is 11.3 Å². The highest BCUT2D eigenvalue weighted by molar-refractivity contribution is 7.15. The van der Waals surface area contributed by atoms with Crippen molar-refractivity contribution in [1.82, 2.24) is 10.3 Å². The van der Waals surface area contributed by atoms with Crippen LogP contribution in [0.2, 0.25) is 0 Å². The van der Waals surface area contributed by atoms with Gasteiger partial charge in [0.05, 0.1) is 49.8 Å². The van der Waals surface area contributed by atoms with Gasteiger partial charge < -0.3 is 30.2 Å². The average Bonchev–Trinajstić information content (AvgIpc) is 3.18. The molecule has 222 valence electrons. The maximum atomic E-state index is 13.1. The van der Waals surface area contributed by atoms with Crippen molar-refractivity contribution < 1.29 is 28.6 Å². The smallest absolute Gasteiger partial charge is 0.407 e. The molecule has 0 unspecified atom stereocenters. The molecule has 0 radical (unpaired) electrons. The molecule has 0 saturated carbocycles. The molecule has 4 N–H and O–H groups in total. The number of amides is 3. The number of rotatable bonds is 16. The van der Waals surface area contributed by atoms with Crippen molar-refractivity contribution in [2.75, 3.05) is 55.5 Å². The van der Waals surface area contributed by atoms with E-state index in [-0.39, 0.29) is 24.8 Å². The predicted octanol–water partition coefficient (Wildman–Crippen LogP) is 5.11. The van der Waals surface area contributed by atoms with Crippen LogP contribution in [0.5, 0.6) is 0 Å². The van der Waals surface area contributed by atoms with Gasteiger partial charge >= 0.3 is 6.09 Å². The number of hydrogen-bond acceptors (Lipinski definition) is 9. The third-order valence-electron chi connectivity index (χ3n) is 5.41. The van der Waals surface area contributed by atoms with E-state index in [0.717, 1.165) is 35.6 Å². The summed E-state index contributed by atoms with van der Waals surface area (Å²) in [5.41, 5.74) is 1.87. The summed E-state index contributed by atoms with van der Waals surface area (Å²) in [4.78, 5) is 42.7. The zero-order valence-electron chi connectivity index (χ0n) is 24.4. The molecule has 2 rings (SSSR count). The van der Waals surface area contributed by atoms with Crippen LogP contribution in [-0.2, 0) is 19.0 Å². The van der Waals surface area contributed by atoms with E-state index in [4.69, 9.17) is 14.2 Å². The standard InChI is InChI=1S/C28H43N5O6S/c1-7-8-12-29-21-9-10-23(22(18-21)25(35)33-26-31-19(2)20(3)40-26)32-24(34)11-14-37-16-17-38-15-13-30-27(36)39-28(4,5)6/h9-10,18,29H,7-8,11-17H2,1-6H3,(H,30,36)(H,32,34)(H,31,33,35). The van der Waals surface area contributed by atoms with Crippen LogP contribution in [0.3, 0.4) is 0 Å². The summed E-state index contributed by atoms with van der Waals surface area (Å²) < 4.78 is 16.0. The average molecular weight is 578 g/mol. The second-order valence-corrected chi connectivity index (χ2v) is 11.3. The van der Waals surface area contributed by atoms with E-state index in [2.05, 4.69) is 33.2 Å². The van der Waals surface area contributed by atoms with Gasteiger partial charge in [0.25, 0.3) is 5.91 Å². The number of carbonyl (C=O) groups is 3. The fourth-order valence-electron chi connectivity index (χ4n) is 3.29. The third kappa shape index (κ3) is 12.8. The van der Waals surface area contributed by atoms with E-state index < -0.39 is 11.7 Å². The van der Waals surface area contributed by atoms with Crippen molar-refractivity contribution >= 4 is 45.8 Å². The lowest BCUT2D eigenvalue weighted by molar-refractivity contribution is -0.117. The molecule has 0 bridgehead atoms. The SMILES string of the molecule is CCCCNc1ccc(NC(=O)CCOCCOCCNC(=O)OC(C)(C)C)c(C(=O)Nc2nc(C)c(C)s2)c1. The zero-order chi connectivity index (χ0) is 29.5. The lowest BCUT2D eigenvalue weighted by atomic mass is 10.1. The second kappa shape index (κ2) is 16.8. The van der Waals surface area contributed by atoms with Gasteiger partial charge in [0, 0.05) is 23.7 Å². The molecule has 2 aromatic rings. The maximum absolute atomic E-state index is 13.1. The van der Waals surface area contributed by atoms with Crippen LogP contribution >= 0.6 is 11.3 Å². The molecule has 1 aromatic carbocycles. The number of ether oxygens (including phenoxy) is 3. The highest BCUT2D eigenvalue weighted by atomic mass is 32.1. The van der Waals surface area contributed by atoms with E-state index in [0.29, 0.717) is 42.7 Å². The summed E-state index contributed by atoms with van der Waals surface area (Å²) in [5, 5.41) is 12.1. The van der Waals surface area contributed by atoms with Crippen molar-refractivity contribution in [2.24, 2.45) is 0 Å². The van der Waals surface area contributed by atoms with Crippen LogP contribution in [0.15, 0.2) is 18.2 Å². The normalized spacial score (nSPS) is 11.2. The van der Waals surface area contributed by atoms with Gasteiger partial charge in [-0.3, -0.25) is 14.9 Å². The first-order valence-corrected chi connectivity index (χ1v) is 14.4. The third-order valence-corrected chi connectivity index (χ3v) is 6.40. The minimum atomic E-state index is -0.548. The Morgan fingerprint density at radius 2 is 1.70 bits per heavy atom. The number of thiazole rings is 1. The Labute approximate surface area is 240 Å². The van der Waals surface area contributed by atoms with Crippen LogP contribution in [0.1, 0.15) is 67.9 Å². The van der Waals surface area contributed by atoms with Crippen LogP contribution < -0.4 is 21.3 Å². The molecule has 40 heavy (non-hydrogen) atoms. The molecule has 0 aliphatic heterocycles. The minimum Gasteiger partial charge on any atom is -0.444 e. The van der Waals surface area contributed by atoms with Crippen LogP contribution in [0.4, 0.5) is 21.3 Å². The lowest BCUT2D eigenvalue weighted by Gasteiger charge is -2.19. The Bertz CT molecular complexity index is 1100. The van der Waals surface area contributed by atoms with Crippen molar-refractivity contribution in [3.63, 3.8) is 0 Å². The Kier molecular flexibility index (Phi) is 13.8. The first kappa shape index (κ1) is 33.0. The van der Waals surface area contributed by atoms with Gasteiger partial charge in [-0.25, -0.2) is 9.78 Å². The van der Waals surface area contributed by atoms with Gasteiger partial charge in [0.15, 0.2) is 5.13 Å². The van der Waals surface area contributed by atoms with Gasteiger partial charge in [-0.1, -0.05) is 13.3 Å². The summed E-state index contributed by atoms with van der Waals surface area (Å²) in [7, 11) is 0. The first-order valence-electron chi connectivity index (χ1n) is 13.5. The Morgan fingerprint density at radius 1 is 0.975 bits per heavy atom. The molecule has 0 saturated heterocycles. The fraction of sp³-hybridized carbons (Fsp3) is 0.571. The molecule has 0 aliphatic rings. The molecule has 11 nitrogen and oxygen atoms in total. The summed E-state index contributed by atoms with van der Waals surface area (Å²) in [6.07, 6.45) is 1.68. The lowest BCUT2D eigenvalue weighted by Crippen LogP contribution is -2.34. The molecule has 0 aliphatic carbocycles. The maximum Gasteiger partial charge on any atom is 0.407 e. The van der Waals surface area contributed by atoms with Gasteiger partial charge in [-0.2, -0.15) is 0 Å². The molecule has 3 amide bonds. The minimum absolute atomic E-state index is 0.114. The number of aromatic nitrogens is 1. The topological polar surface area (TPSA) is 140 Å². The molecular formula is C28H43N5O6S. The van der Waals surface area contributed by atoms with E-state index in [9.17, 15) is 14.4 Å². The molecule has 0 spiro atoms. The molecule has 1 aromatic heterocycles. The number of alkyl carbamates (subject to hydrolysis) is 1. The van der Waals surface area contributed by atoms with Crippen molar-refractivity contribution in [2.45, 2.75) is 66.4 Å². The first-order chi connectivity index (χ1) is 19.0. The fourth-order valence-corrected chi connectivity index (χ4v) is 4.10. The summed E-state index contributed by atoms with van der Waals surface area (Å²) in [6.45, 7) is 13.6. The summed E-state index contributed by atoms with van der Waals surface area (Å²) in [6, 6.07) is 5.30. The Hall–Kier alpha value is -3.22. The van der Waals surface area contributed by atoms with Gasteiger partial charge in [-0.05, 0) is 59.2 Å². The van der Waals surface area contributed by atoms with Gasteiger partial charge in [0.1, 0.15) is 5.60 Å². The number of benzene rings is 1. The van der Waals surface area contributed by atoms with Crippen LogP contribution in [0, 0.1) is 13.8 Å². The van der Waals surface area contributed by atoms with Crippen LogP contribution in [0.25, 0.3) is 0 Å². The highest BCUT2D eigenvalue weighted by Crippen LogP contribution is 2.25. The monoisotopic (exact) mass is 577 g/mol. The number of anilines is 3. The molecule has 1 heterocycles. The van der Waals surface area contributed by atoms with E-state index >= 15 is 0 Å². The second-order valence-electron chi connectivity index (χ2n) is 10.1. The molecule has 12 heteroatoms. The molecule has 0 atom stereocenters. The van der Waals surface area contributed by atoms with E-state index in [1.54, 1.807) is 32.9 Å². The van der Waals surface area contributed by atoms with Crippen molar-refractivity contribution in [3.8, 4) is 0 Å². The number of nitrogens with one attached hydrogen (secondary N) is 4. The quantitative estimate of drug-likeness (QED) is 0.202. The van der Waals surface area contributed by atoms with Crippen LogP contribution in [-0.4, -0.2) is 68.0 Å². The number of carbonyl (C=O) groups excluding carboxylic acids is 3. The molecular weight excluding hydrogens is 534 g/mol. The number of unbranched alkanes of at least 4 members (excludes halogenated alkanes) is 1. The highest BCUT2D eigenvalue weighted by Gasteiger charge is 2.17. The Balaban J connectivity index is 1.80.